The van der Waals surface area contributed by atoms with Crippen molar-refractivity contribution < 1.29 is 32.3 Å². The first-order valence-electron chi connectivity index (χ1n) is 12.8. The van der Waals surface area contributed by atoms with Gasteiger partial charge in [0.1, 0.15) is 12.5 Å². The quantitative estimate of drug-likeness (QED) is 0.184. The number of carboxylic acids is 1. The molecule has 0 radical (unpaired) electrons. The van der Waals surface area contributed by atoms with E-state index in [1.54, 1.807) is 24.3 Å². The zero-order valence-electron chi connectivity index (χ0n) is 22.8. The summed E-state index contributed by atoms with van der Waals surface area (Å²) in [4.78, 5) is 39.0. The Morgan fingerprint density at radius 3 is 2.55 bits per heavy atom. The van der Waals surface area contributed by atoms with E-state index < -0.39 is 39.8 Å². The van der Waals surface area contributed by atoms with Crippen LogP contribution in [0.1, 0.15) is 44.7 Å². The van der Waals surface area contributed by atoms with Crippen LogP contribution in [0.15, 0.2) is 67.0 Å². The van der Waals surface area contributed by atoms with Gasteiger partial charge in [-0.25, -0.2) is 17.6 Å². The molecule has 0 saturated carbocycles. The molecule has 0 aliphatic carbocycles. The molecular weight excluding hydrogens is 617 g/mol. The number of nitrogens with zero attached hydrogens (tertiary/aromatic N) is 5. The van der Waals surface area contributed by atoms with Crippen molar-refractivity contribution in [3.8, 4) is 5.69 Å². The summed E-state index contributed by atoms with van der Waals surface area (Å²) in [5, 5.41) is 23.2. The number of benzene rings is 3. The number of sulfonamides is 1. The second-order valence-electron chi connectivity index (χ2n) is 9.69. The second-order valence-corrected chi connectivity index (χ2v) is 11.8. The Hall–Kier alpha value is -5.15. The van der Waals surface area contributed by atoms with Crippen molar-refractivity contribution in [2.45, 2.75) is 12.1 Å². The number of nitrogens with one attached hydrogen (secondary N) is 2. The summed E-state index contributed by atoms with van der Waals surface area (Å²) in [5.74, 6) is -3.60. The zero-order valence-corrected chi connectivity index (χ0v) is 24.3. The molecule has 2 heterocycles. The zero-order chi connectivity index (χ0) is 31.6. The summed E-state index contributed by atoms with van der Waals surface area (Å²) in [6, 6.07) is 13.6. The fraction of sp³-hybridized carbons (Fsp3) is 0.143. The number of amides is 2. The van der Waals surface area contributed by atoms with Crippen molar-refractivity contribution >= 4 is 51.7 Å². The fourth-order valence-electron chi connectivity index (χ4n) is 5.21. The van der Waals surface area contributed by atoms with Crippen LogP contribution in [0.2, 0.25) is 5.02 Å². The first kappa shape index (κ1) is 30.3. The van der Waals surface area contributed by atoms with Crippen molar-refractivity contribution in [1.29, 1.82) is 0 Å². The van der Waals surface area contributed by atoms with Crippen LogP contribution < -0.4 is 10.0 Å². The first-order valence-corrected chi connectivity index (χ1v) is 15.1. The lowest BCUT2D eigenvalue weighted by atomic mass is 9.80. The number of aromatic nitrogens is 4. The van der Waals surface area contributed by atoms with Crippen molar-refractivity contribution in [2.75, 3.05) is 17.5 Å². The van der Waals surface area contributed by atoms with Gasteiger partial charge in [0.2, 0.25) is 22.3 Å². The number of tetrazole rings is 1. The van der Waals surface area contributed by atoms with Gasteiger partial charge in [-0.05, 0) is 51.9 Å². The summed E-state index contributed by atoms with van der Waals surface area (Å²) in [7, 11) is -3.78. The van der Waals surface area contributed by atoms with Gasteiger partial charge in [-0.3, -0.25) is 14.3 Å². The fourth-order valence-corrected chi connectivity index (χ4v) is 5.95. The van der Waals surface area contributed by atoms with Gasteiger partial charge < -0.3 is 15.3 Å². The van der Waals surface area contributed by atoms with Crippen LogP contribution in [0.4, 0.5) is 10.1 Å². The number of carbonyl (C=O) groups excluding carboxylic acids is 2. The highest BCUT2D eigenvalue weighted by Gasteiger charge is 2.39. The molecule has 2 atom stereocenters. The number of carboxylic acid groups (broad SMARTS) is 1. The van der Waals surface area contributed by atoms with E-state index in [9.17, 15) is 27.9 Å². The third-order valence-corrected chi connectivity index (χ3v) is 7.83. The molecule has 2 unspecified atom stereocenters. The summed E-state index contributed by atoms with van der Waals surface area (Å²) < 4.78 is 43.3. The molecule has 44 heavy (non-hydrogen) atoms. The Morgan fingerprint density at radius 1 is 1.11 bits per heavy atom. The van der Waals surface area contributed by atoms with Crippen molar-refractivity contribution in [1.82, 2.24) is 30.4 Å². The van der Waals surface area contributed by atoms with E-state index in [1.807, 2.05) is 0 Å². The second kappa shape index (κ2) is 12.2. The van der Waals surface area contributed by atoms with Gasteiger partial charge in [-0.1, -0.05) is 41.9 Å². The van der Waals surface area contributed by atoms with Crippen LogP contribution in [-0.4, -0.2) is 69.7 Å². The Bertz CT molecular complexity index is 1900. The molecule has 4 aromatic rings. The van der Waals surface area contributed by atoms with Gasteiger partial charge in [-0.2, -0.15) is 4.68 Å². The van der Waals surface area contributed by atoms with E-state index in [1.165, 1.54) is 52.3 Å². The minimum Gasteiger partial charge on any atom is -0.478 e. The summed E-state index contributed by atoms with van der Waals surface area (Å²) in [5.41, 5.74) is 1.21. The Labute approximate surface area is 255 Å². The third kappa shape index (κ3) is 6.00. The van der Waals surface area contributed by atoms with Gasteiger partial charge in [-0.15, -0.1) is 5.10 Å². The van der Waals surface area contributed by atoms with Crippen LogP contribution in [-0.2, 0) is 19.6 Å². The molecule has 0 bridgehead atoms. The maximum absolute atomic E-state index is 15.2. The molecule has 226 valence electrons. The van der Waals surface area contributed by atoms with Crippen molar-refractivity contribution in [2.24, 2.45) is 0 Å². The molecule has 1 aliphatic rings. The molecule has 0 saturated heterocycles. The maximum Gasteiger partial charge on any atom is 0.335 e. The van der Waals surface area contributed by atoms with E-state index in [0.717, 1.165) is 12.3 Å². The normalized spacial score (nSPS) is 16.4. The van der Waals surface area contributed by atoms with Crippen molar-refractivity contribution in [3.63, 3.8) is 0 Å². The summed E-state index contributed by atoms with van der Waals surface area (Å²) >= 11 is 6.01. The van der Waals surface area contributed by atoms with E-state index in [2.05, 4.69) is 25.6 Å². The number of fused-ring (bicyclic) bond motifs is 1. The summed E-state index contributed by atoms with van der Waals surface area (Å²) in [6.45, 7) is -0.188. The average molecular weight is 640 g/mol. The lowest BCUT2D eigenvalue weighted by molar-refractivity contribution is -0.130. The first-order chi connectivity index (χ1) is 21.0. The third-order valence-electron chi connectivity index (χ3n) is 6.94. The molecule has 5 rings (SSSR count). The van der Waals surface area contributed by atoms with Crippen LogP contribution in [0.3, 0.4) is 0 Å². The topological polar surface area (TPSA) is 176 Å². The lowest BCUT2D eigenvalue weighted by Crippen LogP contribution is -2.47. The van der Waals surface area contributed by atoms with Crippen molar-refractivity contribution in [3.05, 3.63) is 106 Å². The Balaban J connectivity index is 1.65. The van der Waals surface area contributed by atoms with E-state index in [0.29, 0.717) is 23.1 Å². The number of hydrogen-bond donors (Lipinski definition) is 3. The van der Waals surface area contributed by atoms with E-state index in [4.69, 9.17) is 11.6 Å². The highest BCUT2D eigenvalue weighted by atomic mass is 35.5. The van der Waals surface area contributed by atoms with Gasteiger partial charge in [0.25, 0.3) is 0 Å². The number of anilines is 1. The minimum absolute atomic E-state index is 0.0607. The van der Waals surface area contributed by atoms with Crippen LogP contribution in [0.25, 0.3) is 11.8 Å². The number of hydrogen-bond acceptors (Lipinski definition) is 8. The number of aromatic carboxylic acids is 1. The monoisotopic (exact) mass is 639 g/mol. The molecule has 16 heteroatoms. The molecule has 1 aromatic heterocycles. The molecule has 3 N–H and O–H groups in total. The standard InChI is InChI=1S/C28H23ClFN7O6S/c1-44(42,43)33-22-8-4-7-19-25(22)20(16-5-2-3-6-17(16)28(40)41)13-36(27(19)31-15-38)24(39)12-9-18-23(37-14-32-34-35-37)11-10-21(29)26(18)30/h2-12,14-15,20,27,33H,13H2,1H3,(H,31,38)(H,40,41)/b12-9+. The van der Waals surface area contributed by atoms with E-state index in [-0.39, 0.29) is 34.1 Å². The molecule has 3 aromatic carbocycles. The highest BCUT2D eigenvalue weighted by Crippen LogP contribution is 2.43. The van der Waals surface area contributed by atoms with Crippen LogP contribution in [0, 0.1) is 5.82 Å². The number of carbonyl (C=O) groups is 3. The largest absolute Gasteiger partial charge is 0.478 e. The molecule has 13 nitrogen and oxygen atoms in total. The van der Waals surface area contributed by atoms with Gasteiger partial charge in [0.15, 0.2) is 5.82 Å². The van der Waals surface area contributed by atoms with Crippen LogP contribution >= 0.6 is 11.6 Å². The molecule has 0 fully saturated rings. The van der Waals surface area contributed by atoms with Gasteiger partial charge >= 0.3 is 5.97 Å². The molecular formula is C28H23ClFN7O6S. The number of halogens is 2. The minimum atomic E-state index is -3.78. The lowest BCUT2D eigenvalue weighted by Gasteiger charge is -2.41. The smallest absolute Gasteiger partial charge is 0.335 e. The highest BCUT2D eigenvalue weighted by molar-refractivity contribution is 7.92. The predicted molar refractivity (Wildman–Crippen MR) is 157 cm³/mol. The molecule has 1 aliphatic heterocycles. The molecule has 0 spiro atoms. The average Bonchev–Trinajstić information content (AvgIpc) is 3.52. The van der Waals surface area contributed by atoms with Gasteiger partial charge in [0.05, 0.1) is 28.2 Å². The molecule has 2 amide bonds. The van der Waals surface area contributed by atoms with Gasteiger partial charge in [0, 0.05) is 29.7 Å². The Morgan fingerprint density at radius 2 is 1.86 bits per heavy atom. The SMILES string of the molecule is CS(=O)(=O)Nc1cccc2c1C(c1ccccc1C(=O)O)CN(C(=O)/C=C/c1c(-n3cnnn3)ccc(Cl)c1F)C2NC=O. The number of rotatable bonds is 9. The Kier molecular flexibility index (Phi) is 8.42. The maximum atomic E-state index is 15.2. The predicted octanol–water partition coefficient (Wildman–Crippen LogP) is 2.96. The summed E-state index contributed by atoms with van der Waals surface area (Å²) in [6.07, 6.45) is 3.75. The van der Waals surface area contributed by atoms with E-state index >= 15 is 4.39 Å². The van der Waals surface area contributed by atoms with Crippen LogP contribution in [0.5, 0.6) is 0 Å².